The highest BCUT2D eigenvalue weighted by Gasteiger charge is 2.37. The first-order valence-corrected chi connectivity index (χ1v) is 8.81. The third-order valence-electron chi connectivity index (χ3n) is 3.44. The SMILES string of the molecule is COP(=O)(OC)[C@H](Cc1ccc(F)cc1)OC(=O)c1ccccc1. The highest BCUT2D eigenvalue weighted by molar-refractivity contribution is 7.54. The van der Waals surface area contributed by atoms with Gasteiger partial charge in [-0.15, -0.1) is 0 Å². The molecule has 2 rings (SSSR count). The van der Waals surface area contributed by atoms with Gasteiger partial charge in [0.2, 0.25) is 5.85 Å². The molecule has 0 N–H and O–H groups in total. The lowest BCUT2D eigenvalue weighted by Crippen LogP contribution is -2.22. The predicted octanol–water partition coefficient (Wildman–Crippen LogP) is 4.04. The molecule has 0 amide bonds. The topological polar surface area (TPSA) is 61.8 Å². The lowest BCUT2D eigenvalue weighted by Gasteiger charge is -2.24. The second-order valence-corrected chi connectivity index (χ2v) is 7.35. The van der Waals surface area contributed by atoms with E-state index >= 15 is 0 Å². The van der Waals surface area contributed by atoms with Gasteiger partial charge in [0.25, 0.3) is 0 Å². The first-order valence-electron chi connectivity index (χ1n) is 7.20. The normalized spacial score (nSPS) is 12.6. The van der Waals surface area contributed by atoms with Crippen LogP contribution in [0.5, 0.6) is 0 Å². The first-order chi connectivity index (χ1) is 11.5. The number of carbonyl (C=O) groups excluding carboxylic acids is 1. The second-order valence-electron chi connectivity index (χ2n) is 4.96. The fraction of sp³-hybridized carbons (Fsp3) is 0.235. The van der Waals surface area contributed by atoms with Gasteiger partial charge in [0.1, 0.15) is 5.82 Å². The quantitative estimate of drug-likeness (QED) is 0.556. The summed E-state index contributed by atoms with van der Waals surface area (Å²) in [4.78, 5) is 12.3. The van der Waals surface area contributed by atoms with Gasteiger partial charge in [0.05, 0.1) is 5.56 Å². The molecule has 0 spiro atoms. The number of hydrogen-bond acceptors (Lipinski definition) is 5. The third-order valence-corrected chi connectivity index (χ3v) is 5.45. The number of ether oxygens (including phenoxy) is 1. The summed E-state index contributed by atoms with van der Waals surface area (Å²) in [5, 5.41) is 0. The minimum Gasteiger partial charge on any atom is -0.445 e. The Morgan fingerprint density at radius 2 is 1.62 bits per heavy atom. The van der Waals surface area contributed by atoms with E-state index in [-0.39, 0.29) is 6.42 Å². The minimum absolute atomic E-state index is 0.0673. The van der Waals surface area contributed by atoms with Crippen LogP contribution >= 0.6 is 7.60 Å². The van der Waals surface area contributed by atoms with Gasteiger partial charge in [-0.05, 0) is 29.8 Å². The van der Waals surface area contributed by atoms with E-state index in [1.54, 1.807) is 30.3 Å². The highest BCUT2D eigenvalue weighted by Crippen LogP contribution is 2.53. The maximum absolute atomic E-state index is 13.0. The van der Waals surface area contributed by atoms with E-state index in [9.17, 15) is 13.8 Å². The van der Waals surface area contributed by atoms with Gasteiger partial charge in [0, 0.05) is 20.6 Å². The summed E-state index contributed by atoms with van der Waals surface area (Å²) < 4.78 is 41.0. The number of halogens is 1. The van der Waals surface area contributed by atoms with Crippen molar-refractivity contribution in [3.8, 4) is 0 Å². The number of benzene rings is 2. The molecule has 1 atom stereocenters. The van der Waals surface area contributed by atoms with Gasteiger partial charge in [-0.3, -0.25) is 4.57 Å². The Hall–Kier alpha value is -2.01. The van der Waals surface area contributed by atoms with Crippen LogP contribution in [0.1, 0.15) is 15.9 Å². The molecule has 0 aliphatic rings. The lowest BCUT2D eigenvalue weighted by molar-refractivity contribution is 0.0385. The molecule has 2 aromatic rings. The van der Waals surface area contributed by atoms with Gasteiger partial charge in [0.15, 0.2) is 0 Å². The molecule has 5 nitrogen and oxygen atoms in total. The molecule has 0 bridgehead atoms. The van der Waals surface area contributed by atoms with Crippen LogP contribution < -0.4 is 0 Å². The van der Waals surface area contributed by atoms with Crippen LogP contribution in [0.15, 0.2) is 54.6 Å². The standard InChI is InChI=1S/C17H18FO5P/c1-21-24(20,22-2)16(12-13-8-10-15(18)11-9-13)23-17(19)14-6-4-3-5-7-14/h3-11,16H,12H2,1-2H3/t16-/m1/s1. The zero-order valence-electron chi connectivity index (χ0n) is 13.3. The first kappa shape index (κ1) is 18.3. The maximum Gasteiger partial charge on any atom is 0.370 e. The predicted molar refractivity (Wildman–Crippen MR) is 87.4 cm³/mol. The lowest BCUT2D eigenvalue weighted by atomic mass is 10.1. The maximum atomic E-state index is 13.0. The van der Waals surface area contributed by atoms with Crippen molar-refractivity contribution in [1.82, 2.24) is 0 Å². The summed E-state index contributed by atoms with van der Waals surface area (Å²) in [5.41, 5.74) is 0.956. The Bertz CT molecular complexity index is 710. The van der Waals surface area contributed by atoms with E-state index in [0.717, 1.165) is 0 Å². The third kappa shape index (κ3) is 4.51. The van der Waals surface area contributed by atoms with Crippen molar-refractivity contribution < 1.29 is 27.5 Å². The molecule has 7 heteroatoms. The van der Waals surface area contributed by atoms with E-state index in [2.05, 4.69) is 0 Å². The van der Waals surface area contributed by atoms with E-state index in [1.807, 2.05) is 0 Å². The van der Waals surface area contributed by atoms with Crippen LogP contribution in [0.4, 0.5) is 4.39 Å². The molecule has 0 aromatic heterocycles. The molecule has 0 radical (unpaired) electrons. The summed E-state index contributed by atoms with van der Waals surface area (Å²) in [6.45, 7) is 0. The van der Waals surface area contributed by atoms with Crippen LogP contribution in [-0.4, -0.2) is 26.0 Å². The van der Waals surface area contributed by atoms with Gasteiger partial charge >= 0.3 is 13.6 Å². The summed E-state index contributed by atoms with van der Waals surface area (Å²) in [5.74, 6) is -2.18. The Kier molecular flexibility index (Phi) is 6.26. The van der Waals surface area contributed by atoms with Crippen molar-refractivity contribution in [1.29, 1.82) is 0 Å². The summed E-state index contributed by atoms with van der Waals surface area (Å²) in [6, 6.07) is 13.9. The largest absolute Gasteiger partial charge is 0.445 e. The average molecular weight is 352 g/mol. The number of rotatable bonds is 7. The molecule has 0 heterocycles. The molecule has 0 unspecified atom stereocenters. The van der Waals surface area contributed by atoms with E-state index in [4.69, 9.17) is 13.8 Å². The second kappa shape index (κ2) is 8.20. The Morgan fingerprint density at radius 3 is 2.17 bits per heavy atom. The Morgan fingerprint density at radius 1 is 1.04 bits per heavy atom. The van der Waals surface area contributed by atoms with Crippen molar-refractivity contribution in [2.24, 2.45) is 0 Å². The molecular weight excluding hydrogens is 334 g/mol. The monoisotopic (exact) mass is 352 g/mol. The van der Waals surface area contributed by atoms with Crippen molar-refractivity contribution in [3.63, 3.8) is 0 Å². The van der Waals surface area contributed by atoms with E-state index in [0.29, 0.717) is 11.1 Å². The molecule has 24 heavy (non-hydrogen) atoms. The number of carbonyl (C=O) groups is 1. The fourth-order valence-corrected chi connectivity index (χ4v) is 3.39. The van der Waals surface area contributed by atoms with Gasteiger partial charge in [-0.25, -0.2) is 9.18 Å². The van der Waals surface area contributed by atoms with Crippen molar-refractivity contribution >= 4 is 13.6 Å². The molecule has 0 saturated heterocycles. The molecule has 128 valence electrons. The van der Waals surface area contributed by atoms with Gasteiger partial charge in [-0.1, -0.05) is 30.3 Å². The average Bonchev–Trinajstić information content (AvgIpc) is 2.63. The zero-order chi connectivity index (χ0) is 17.6. The Balaban J connectivity index is 2.24. The molecule has 0 aliphatic carbocycles. The van der Waals surface area contributed by atoms with Gasteiger partial charge in [-0.2, -0.15) is 0 Å². The smallest absolute Gasteiger partial charge is 0.370 e. The summed E-state index contributed by atoms with van der Waals surface area (Å²) in [6.07, 6.45) is 0.0673. The van der Waals surface area contributed by atoms with E-state index in [1.165, 1.54) is 38.5 Å². The van der Waals surface area contributed by atoms with Crippen LogP contribution in [0.3, 0.4) is 0 Å². The highest BCUT2D eigenvalue weighted by atomic mass is 31.2. The molecule has 2 aromatic carbocycles. The van der Waals surface area contributed by atoms with Crippen LogP contribution in [0, 0.1) is 5.82 Å². The zero-order valence-corrected chi connectivity index (χ0v) is 14.2. The molecule has 0 fully saturated rings. The van der Waals surface area contributed by atoms with E-state index < -0.39 is 25.2 Å². The minimum atomic E-state index is -3.68. The summed E-state index contributed by atoms with van der Waals surface area (Å²) >= 11 is 0. The van der Waals surface area contributed by atoms with Crippen LogP contribution in [0.25, 0.3) is 0 Å². The molecule has 0 aliphatic heterocycles. The van der Waals surface area contributed by atoms with Crippen molar-refractivity contribution in [2.45, 2.75) is 12.3 Å². The summed E-state index contributed by atoms with van der Waals surface area (Å²) in [7, 11) is -1.24. The number of hydrogen-bond donors (Lipinski definition) is 0. The number of esters is 1. The Labute approximate surface area is 139 Å². The van der Waals surface area contributed by atoms with Crippen molar-refractivity contribution in [3.05, 3.63) is 71.5 Å². The fourth-order valence-electron chi connectivity index (χ4n) is 2.12. The van der Waals surface area contributed by atoms with Gasteiger partial charge < -0.3 is 13.8 Å². The van der Waals surface area contributed by atoms with Crippen LogP contribution in [-0.2, 0) is 24.8 Å². The van der Waals surface area contributed by atoms with Crippen LogP contribution in [0.2, 0.25) is 0 Å². The van der Waals surface area contributed by atoms with Crippen molar-refractivity contribution in [2.75, 3.05) is 14.2 Å². The molecule has 0 saturated carbocycles. The molecular formula is C17H18FO5P.